The average Bonchev–Trinajstić information content (AvgIpc) is 2.62. The summed E-state index contributed by atoms with van der Waals surface area (Å²) in [4.78, 5) is 3.04. The molecule has 2 aromatic rings. The van der Waals surface area contributed by atoms with Crippen LogP contribution in [-0.4, -0.2) is 10.1 Å². The van der Waals surface area contributed by atoms with Crippen molar-refractivity contribution in [2.45, 2.75) is 0 Å². The zero-order chi connectivity index (χ0) is 11.5. The second-order valence-corrected chi connectivity index (χ2v) is 3.87. The standard InChI is InChI=1S/C10H7ClN4S/c11-7-4-13-9-6(7)2-1-3-8(9)15-10(16)14-5-12/h1-4,13H,(H2,14,15,16). The minimum Gasteiger partial charge on any atom is -0.358 e. The summed E-state index contributed by atoms with van der Waals surface area (Å²) in [5.41, 5.74) is 1.63. The van der Waals surface area contributed by atoms with Gasteiger partial charge >= 0.3 is 0 Å². The van der Waals surface area contributed by atoms with Crippen LogP contribution in [0.1, 0.15) is 0 Å². The third kappa shape index (κ3) is 1.94. The van der Waals surface area contributed by atoms with Gasteiger partial charge in [-0.15, -0.1) is 0 Å². The lowest BCUT2D eigenvalue weighted by molar-refractivity contribution is 1.28. The van der Waals surface area contributed by atoms with Crippen LogP contribution in [0.15, 0.2) is 24.4 Å². The van der Waals surface area contributed by atoms with Crippen molar-refractivity contribution in [2.75, 3.05) is 5.32 Å². The zero-order valence-corrected chi connectivity index (χ0v) is 9.62. The first kappa shape index (κ1) is 10.7. The van der Waals surface area contributed by atoms with Gasteiger partial charge in [-0.25, -0.2) is 0 Å². The molecule has 80 valence electrons. The Kier molecular flexibility index (Phi) is 2.95. The largest absolute Gasteiger partial charge is 0.358 e. The number of halogens is 1. The van der Waals surface area contributed by atoms with E-state index in [4.69, 9.17) is 29.1 Å². The van der Waals surface area contributed by atoms with Crippen LogP contribution in [0.25, 0.3) is 10.9 Å². The van der Waals surface area contributed by atoms with E-state index >= 15 is 0 Å². The predicted molar refractivity (Wildman–Crippen MR) is 68.3 cm³/mol. The summed E-state index contributed by atoms with van der Waals surface area (Å²) in [6.07, 6.45) is 3.46. The first-order valence-electron chi connectivity index (χ1n) is 4.44. The van der Waals surface area contributed by atoms with Crippen LogP contribution in [0.2, 0.25) is 5.02 Å². The Morgan fingerprint density at radius 1 is 1.50 bits per heavy atom. The number of aromatic nitrogens is 1. The van der Waals surface area contributed by atoms with Crippen LogP contribution in [0.3, 0.4) is 0 Å². The molecule has 0 atom stereocenters. The van der Waals surface area contributed by atoms with Crippen LogP contribution in [0, 0.1) is 11.5 Å². The number of para-hydroxylation sites is 1. The fourth-order valence-electron chi connectivity index (χ4n) is 1.43. The van der Waals surface area contributed by atoms with Gasteiger partial charge in [-0.05, 0) is 18.3 Å². The fraction of sp³-hybridized carbons (Fsp3) is 0. The Labute approximate surface area is 102 Å². The molecule has 1 heterocycles. The SMILES string of the molecule is N#CNC(=S)Nc1cccc2c(Cl)c[nH]c12. The average molecular weight is 251 g/mol. The number of fused-ring (bicyclic) bond motifs is 1. The molecular weight excluding hydrogens is 244 g/mol. The minimum absolute atomic E-state index is 0.251. The van der Waals surface area contributed by atoms with Crippen molar-refractivity contribution in [3.05, 3.63) is 29.4 Å². The number of nitrogens with zero attached hydrogens (tertiary/aromatic N) is 1. The number of benzene rings is 1. The summed E-state index contributed by atoms with van der Waals surface area (Å²) in [6.45, 7) is 0. The van der Waals surface area contributed by atoms with Crippen LogP contribution in [-0.2, 0) is 0 Å². The van der Waals surface area contributed by atoms with E-state index in [2.05, 4.69) is 15.6 Å². The van der Waals surface area contributed by atoms with E-state index < -0.39 is 0 Å². The number of hydrogen-bond acceptors (Lipinski definition) is 2. The van der Waals surface area contributed by atoms with E-state index in [1.165, 1.54) is 0 Å². The molecule has 0 fully saturated rings. The van der Waals surface area contributed by atoms with Crippen LogP contribution < -0.4 is 10.6 Å². The molecule has 0 saturated heterocycles. The van der Waals surface area contributed by atoms with Crippen molar-refractivity contribution in [3.63, 3.8) is 0 Å². The highest BCUT2D eigenvalue weighted by Gasteiger charge is 2.06. The van der Waals surface area contributed by atoms with Gasteiger partial charge in [0.05, 0.1) is 16.2 Å². The number of thiocarbonyl (C=S) groups is 1. The van der Waals surface area contributed by atoms with Gasteiger partial charge in [0.15, 0.2) is 11.3 Å². The van der Waals surface area contributed by atoms with Crippen molar-refractivity contribution in [2.24, 2.45) is 0 Å². The molecule has 2 rings (SSSR count). The molecule has 0 spiro atoms. The van der Waals surface area contributed by atoms with Crippen molar-refractivity contribution in [1.29, 1.82) is 5.26 Å². The second-order valence-electron chi connectivity index (χ2n) is 3.06. The number of aromatic amines is 1. The summed E-state index contributed by atoms with van der Waals surface area (Å²) >= 11 is 10.9. The number of H-pyrrole nitrogens is 1. The molecular formula is C10H7ClN4S. The Balaban J connectivity index is 2.38. The maximum absolute atomic E-state index is 8.41. The molecule has 0 amide bonds. The molecule has 0 aliphatic carbocycles. The quantitative estimate of drug-likeness (QED) is 0.414. The lowest BCUT2D eigenvalue weighted by Crippen LogP contribution is -2.23. The Morgan fingerprint density at radius 2 is 2.31 bits per heavy atom. The highest BCUT2D eigenvalue weighted by molar-refractivity contribution is 7.80. The van der Waals surface area contributed by atoms with E-state index in [0.29, 0.717) is 5.02 Å². The normalized spacial score (nSPS) is 9.75. The maximum Gasteiger partial charge on any atom is 0.184 e. The van der Waals surface area contributed by atoms with Crippen LogP contribution >= 0.6 is 23.8 Å². The van der Waals surface area contributed by atoms with E-state index in [1.807, 2.05) is 18.2 Å². The summed E-state index contributed by atoms with van der Waals surface area (Å²) in [5, 5.41) is 15.5. The van der Waals surface area contributed by atoms with E-state index in [-0.39, 0.29) is 5.11 Å². The third-order valence-electron chi connectivity index (χ3n) is 2.08. The van der Waals surface area contributed by atoms with Gasteiger partial charge in [0.1, 0.15) is 0 Å². The summed E-state index contributed by atoms with van der Waals surface area (Å²) in [6, 6.07) is 5.61. The first-order chi connectivity index (χ1) is 7.72. The van der Waals surface area contributed by atoms with E-state index in [1.54, 1.807) is 12.4 Å². The predicted octanol–water partition coefficient (Wildman–Crippen LogP) is 2.59. The smallest absolute Gasteiger partial charge is 0.184 e. The molecule has 16 heavy (non-hydrogen) atoms. The van der Waals surface area contributed by atoms with Crippen molar-refractivity contribution >= 4 is 45.5 Å². The Morgan fingerprint density at radius 3 is 3.06 bits per heavy atom. The molecule has 0 saturated carbocycles. The molecule has 3 N–H and O–H groups in total. The number of rotatable bonds is 1. The zero-order valence-electron chi connectivity index (χ0n) is 8.04. The van der Waals surface area contributed by atoms with Crippen molar-refractivity contribution in [1.82, 2.24) is 10.3 Å². The third-order valence-corrected chi connectivity index (χ3v) is 2.60. The molecule has 4 nitrogen and oxygen atoms in total. The molecule has 1 aromatic heterocycles. The summed E-state index contributed by atoms with van der Waals surface area (Å²) < 4.78 is 0. The molecule has 0 unspecified atom stereocenters. The Hall–Kier alpha value is -1.77. The number of hydrogen-bond donors (Lipinski definition) is 3. The van der Waals surface area contributed by atoms with Gasteiger partial charge in [0.2, 0.25) is 0 Å². The molecule has 0 radical (unpaired) electrons. The van der Waals surface area contributed by atoms with Crippen molar-refractivity contribution in [3.8, 4) is 6.19 Å². The molecule has 0 aliphatic heterocycles. The first-order valence-corrected chi connectivity index (χ1v) is 5.22. The highest BCUT2D eigenvalue weighted by Crippen LogP contribution is 2.28. The summed E-state index contributed by atoms with van der Waals surface area (Å²) in [5.74, 6) is 0. The minimum atomic E-state index is 0.251. The topological polar surface area (TPSA) is 63.6 Å². The van der Waals surface area contributed by atoms with Gasteiger partial charge in [0, 0.05) is 11.6 Å². The van der Waals surface area contributed by atoms with Gasteiger partial charge in [0.25, 0.3) is 0 Å². The summed E-state index contributed by atoms with van der Waals surface area (Å²) in [7, 11) is 0. The van der Waals surface area contributed by atoms with Crippen molar-refractivity contribution < 1.29 is 0 Å². The molecule has 0 bridgehead atoms. The number of nitrogens with one attached hydrogen (secondary N) is 3. The number of nitriles is 1. The highest BCUT2D eigenvalue weighted by atomic mass is 35.5. The fourth-order valence-corrected chi connectivity index (χ4v) is 1.80. The molecule has 6 heteroatoms. The van der Waals surface area contributed by atoms with Gasteiger partial charge in [-0.3, -0.25) is 5.32 Å². The van der Waals surface area contributed by atoms with Crippen LogP contribution in [0.5, 0.6) is 0 Å². The lowest BCUT2D eigenvalue weighted by atomic mass is 10.2. The Bertz CT molecular complexity index is 584. The number of anilines is 1. The van der Waals surface area contributed by atoms with E-state index in [0.717, 1.165) is 16.6 Å². The molecule has 1 aromatic carbocycles. The molecule has 0 aliphatic rings. The van der Waals surface area contributed by atoms with Gasteiger partial charge in [-0.1, -0.05) is 23.7 Å². The maximum atomic E-state index is 8.41. The van der Waals surface area contributed by atoms with Gasteiger partial charge < -0.3 is 10.3 Å². The van der Waals surface area contributed by atoms with E-state index in [9.17, 15) is 0 Å². The lowest BCUT2D eigenvalue weighted by Gasteiger charge is -2.06. The monoisotopic (exact) mass is 250 g/mol. The van der Waals surface area contributed by atoms with Gasteiger partial charge in [-0.2, -0.15) is 5.26 Å². The van der Waals surface area contributed by atoms with Crippen LogP contribution in [0.4, 0.5) is 5.69 Å². The second kappa shape index (κ2) is 4.39.